The van der Waals surface area contributed by atoms with Gasteiger partial charge in [0, 0.05) is 34.3 Å². The molecule has 0 bridgehead atoms. The summed E-state index contributed by atoms with van der Waals surface area (Å²) >= 11 is 0. The summed E-state index contributed by atoms with van der Waals surface area (Å²) in [5.74, 6) is 2.71. The van der Waals surface area contributed by atoms with E-state index >= 15 is 0 Å². The maximum Gasteiger partial charge on any atom is 2.00 e. The summed E-state index contributed by atoms with van der Waals surface area (Å²) in [6.45, 7) is 17.5. The van der Waals surface area contributed by atoms with E-state index in [1.807, 2.05) is 12.3 Å². The third kappa shape index (κ3) is 6.70. The van der Waals surface area contributed by atoms with E-state index in [1.165, 1.54) is 27.8 Å². The average molecular weight is 799 g/mol. The first-order valence-electron chi connectivity index (χ1n) is 18.5. The van der Waals surface area contributed by atoms with Gasteiger partial charge in [-0.25, -0.2) is 4.98 Å². The monoisotopic (exact) mass is 798 g/mol. The van der Waals surface area contributed by atoms with Crippen molar-refractivity contribution in [2.24, 2.45) is 0 Å². The maximum atomic E-state index is 6.72. The largest absolute Gasteiger partial charge is 2.00 e. The van der Waals surface area contributed by atoms with Crippen LogP contribution in [0.2, 0.25) is 0 Å². The molecule has 0 N–H and O–H groups in total. The smallest absolute Gasteiger partial charge is 0.509 e. The first-order valence-corrected chi connectivity index (χ1v) is 18.5. The van der Waals surface area contributed by atoms with Gasteiger partial charge < -0.3 is 9.30 Å². The minimum atomic E-state index is 0. The topological polar surface area (TPSA) is 44.9 Å². The van der Waals surface area contributed by atoms with Crippen LogP contribution < -0.4 is 4.74 Å². The van der Waals surface area contributed by atoms with E-state index in [0.717, 1.165) is 61.4 Å². The first kappa shape index (κ1) is 37.1. The summed E-state index contributed by atoms with van der Waals surface area (Å²) in [6, 6.07) is 43.4. The predicted molar refractivity (Wildman–Crippen MR) is 218 cm³/mol. The van der Waals surface area contributed by atoms with Crippen molar-refractivity contribution in [2.45, 2.75) is 67.2 Å². The van der Waals surface area contributed by atoms with E-state index in [9.17, 15) is 0 Å². The number of benzene rings is 5. The summed E-state index contributed by atoms with van der Waals surface area (Å²) in [4.78, 5) is 4.82. The molecule has 0 aliphatic heterocycles. The van der Waals surface area contributed by atoms with Gasteiger partial charge in [-0.1, -0.05) is 99.4 Å². The average Bonchev–Trinajstić information content (AvgIpc) is 3.65. The summed E-state index contributed by atoms with van der Waals surface area (Å²) in [6.07, 6.45) is 1.90. The van der Waals surface area contributed by atoms with Crippen molar-refractivity contribution in [3.63, 3.8) is 0 Å². The van der Waals surface area contributed by atoms with E-state index in [-0.39, 0.29) is 26.3 Å². The summed E-state index contributed by atoms with van der Waals surface area (Å²) < 4.78 is 11.0. The number of aryl methyl sites for hydroxylation is 4. The van der Waals surface area contributed by atoms with Gasteiger partial charge in [-0.05, 0) is 91.1 Å². The third-order valence-corrected chi connectivity index (χ3v) is 10.2. The number of pyridine rings is 1. The summed E-state index contributed by atoms with van der Waals surface area (Å²) in [7, 11) is 0. The van der Waals surface area contributed by atoms with E-state index in [4.69, 9.17) is 14.8 Å². The van der Waals surface area contributed by atoms with Gasteiger partial charge in [-0.3, -0.25) is 4.68 Å². The third-order valence-electron chi connectivity index (χ3n) is 10.2. The second kappa shape index (κ2) is 14.9. The minimum absolute atomic E-state index is 0. The number of rotatable bonds is 8. The molecule has 54 heavy (non-hydrogen) atoms. The van der Waals surface area contributed by atoms with E-state index < -0.39 is 0 Å². The molecule has 3 aromatic heterocycles. The zero-order valence-corrected chi connectivity index (χ0v) is 33.6. The molecule has 3 heterocycles. The van der Waals surface area contributed by atoms with Crippen LogP contribution >= 0.6 is 0 Å². The number of hydrogen-bond acceptors (Lipinski definition) is 3. The summed E-state index contributed by atoms with van der Waals surface area (Å²) in [5, 5.41) is 7.47. The Balaban J connectivity index is 0.00000450. The maximum absolute atomic E-state index is 6.72. The Morgan fingerprint density at radius 2 is 1.35 bits per heavy atom. The molecule has 0 saturated heterocycles. The van der Waals surface area contributed by atoms with Crippen LogP contribution in [-0.4, -0.2) is 19.3 Å². The van der Waals surface area contributed by atoms with Crippen molar-refractivity contribution in [3.8, 4) is 45.4 Å². The van der Waals surface area contributed by atoms with Gasteiger partial charge >= 0.3 is 20.4 Å². The van der Waals surface area contributed by atoms with Crippen molar-refractivity contribution in [3.05, 3.63) is 155 Å². The van der Waals surface area contributed by atoms with Crippen LogP contribution in [0.1, 0.15) is 73.0 Å². The standard InChI is InChI=1S/C48H44N4O.Pd/c1-29(2)36-20-21-49-45(26-36)51-43-17-13-12-16-41(43)42-19-18-39(28-44(42)51)53-40-25-37(30(3)4)24-38(27-40)52-48(35-14-10-9-11-15-35)47(34(8)50-52)46-32(6)22-31(5)23-33(46)7;/h9-26,29-30H,1-8H3;/q-2;+2. The fraction of sp³-hybridized carbons (Fsp3) is 0.208. The Labute approximate surface area is 332 Å². The molecule has 0 atom stereocenters. The van der Waals surface area contributed by atoms with Crippen molar-refractivity contribution < 1.29 is 25.2 Å². The number of hydrogen-bond donors (Lipinski definition) is 0. The van der Waals surface area contributed by atoms with Crippen LogP contribution in [0.15, 0.2) is 109 Å². The Hall–Kier alpha value is -5.28. The van der Waals surface area contributed by atoms with E-state index in [0.29, 0.717) is 17.4 Å². The normalized spacial score (nSPS) is 11.5. The predicted octanol–water partition coefficient (Wildman–Crippen LogP) is 12.6. The van der Waals surface area contributed by atoms with Crippen LogP contribution in [-0.2, 0) is 20.4 Å². The SMILES string of the molecule is Cc1cc(C)c(-c2c(C)nn(-c3[c-]c(Oc4[c-]c5c(cc4)c4ccccc4n5-c4cc(C(C)C)ccn4)cc(C(C)C)c3)c2-c2ccccc2)c(C)c1.[Pd+2]. The van der Waals surface area contributed by atoms with Crippen LogP contribution in [0.3, 0.4) is 0 Å². The molecule has 0 unspecified atom stereocenters. The molecule has 5 aromatic carbocycles. The molecule has 0 fully saturated rings. The number of fused-ring (bicyclic) bond motifs is 3. The van der Waals surface area contributed by atoms with Crippen LogP contribution in [0.5, 0.6) is 11.5 Å². The molecule has 6 heteroatoms. The molecule has 0 amide bonds. The van der Waals surface area contributed by atoms with E-state index in [2.05, 4.69) is 174 Å². The minimum Gasteiger partial charge on any atom is -0.509 e. The van der Waals surface area contributed by atoms with Crippen molar-refractivity contribution in [1.82, 2.24) is 19.3 Å². The van der Waals surface area contributed by atoms with Crippen LogP contribution in [0.4, 0.5) is 0 Å². The molecule has 0 aliphatic rings. The fourth-order valence-electron chi connectivity index (χ4n) is 7.70. The quantitative estimate of drug-likeness (QED) is 0.114. The summed E-state index contributed by atoms with van der Waals surface area (Å²) in [5.41, 5.74) is 14.4. The Morgan fingerprint density at radius 3 is 2.07 bits per heavy atom. The Morgan fingerprint density at radius 1 is 0.648 bits per heavy atom. The van der Waals surface area contributed by atoms with Gasteiger partial charge in [-0.15, -0.1) is 41.3 Å². The molecule has 8 rings (SSSR count). The zero-order chi connectivity index (χ0) is 37.0. The second-order valence-corrected chi connectivity index (χ2v) is 14.8. The molecule has 0 spiro atoms. The Kier molecular flexibility index (Phi) is 10.2. The molecule has 0 aliphatic carbocycles. The molecular formula is C48H44N4OPd. The molecule has 0 radical (unpaired) electrons. The molecule has 5 nitrogen and oxygen atoms in total. The van der Waals surface area contributed by atoms with Gasteiger partial charge in [0.25, 0.3) is 0 Å². The molecular weight excluding hydrogens is 755 g/mol. The van der Waals surface area contributed by atoms with Crippen molar-refractivity contribution in [2.75, 3.05) is 0 Å². The number of aromatic nitrogens is 4. The van der Waals surface area contributed by atoms with Crippen molar-refractivity contribution >= 4 is 21.8 Å². The van der Waals surface area contributed by atoms with Crippen LogP contribution in [0, 0.1) is 39.8 Å². The Bertz CT molecular complexity index is 2630. The number of nitrogens with zero attached hydrogens (tertiary/aromatic N) is 4. The molecule has 272 valence electrons. The zero-order valence-electron chi connectivity index (χ0n) is 32.1. The van der Waals surface area contributed by atoms with E-state index in [1.54, 1.807) is 0 Å². The van der Waals surface area contributed by atoms with Crippen LogP contribution in [0.25, 0.3) is 55.7 Å². The number of ether oxygens (including phenoxy) is 1. The molecule has 8 aromatic rings. The molecule has 0 saturated carbocycles. The van der Waals surface area contributed by atoms with Crippen molar-refractivity contribution in [1.29, 1.82) is 0 Å². The second-order valence-electron chi connectivity index (χ2n) is 14.8. The van der Waals surface area contributed by atoms with Gasteiger partial charge in [0.05, 0.1) is 11.4 Å². The van der Waals surface area contributed by atoms with Gasteiger partial charge in [-0.2, -0.15) is 11.2 Å². The van der Waals surface area contributed by atoms with Gasteiger partial charge in [0.15, 0.2) is 0 Å². The first-order chi connectivity index (χ1) is 25.6. The number of para-hydroxylation sites is 1. The van der Waals surface area contributed by atoms with Gasteiger partial charge in [0.1, 0.15) is 5.82 Å². The van der Waals surface area contributed by atoms with Gasteiger partial charge in [0.2, 0.25) is 0 Å². The fourth-order valence-corrected chi connectivity index (χ4v) is 7.70.